The van der Waals surface area contributed by atoms with E-state index in [1.165, 1.54) is 10.6 Å². The monoisotopic (exact) mass is 376 g/mol. The molecule has 0 unspecified atom stereocenters. The predicted molar refractivity (Wildman–Crippen MR) is 87.5 cm³/mol. The second-order valence-electron chi connectivity index (χ2n) is 5.09. The Morgan fingerprint density at radius 2 is 1.95 bits per heavy atom. The van der Waals surface area contributed by atoms with Crippen molar-refractivity contribution in [2.45, 2.75) is 26.3 Å². The number of halogens is 1. The van der Waals surface area contributed by atoms with E-state index in [1.54, 1.807) is 0 Å². The molecule has 118 valence electrons. The Hall–Kier alpha value is -0.920. The molecule has 0 aromatic heterocycles. The first-order chi connectivity index (χ1) is 9.71. The number of carbonyl (C=O) groups is 1. The van der Waals surface area contributed by atoms with Crippen molar-refractivity contribution in [3.8, 4) is 0 Å². The van der Waals surface area contributed by atoms with Crippen LogP contribution in [0.5, 0.6) is 0 Å². The molecular formula is C14H21BrN2O3S. The van der Waals surface area contributed by atoms with Gasteiger partial charge < -0.3 is 5.32 Å². The summed E-state index contributed by atoms with van der Waals surface area (Å²) in [6, 6.07) is 7.39. The third kappa shape index (κ3) is 6.15. The maximum Gasteiger partial charge on any atom is 0.224 e. The Morgan fingerprint density at radius 3 is 2.48 bits per heavy atom. The lowest BCUT2D eigenvalue weighted by atomic mass is 10.1. The van der Waals surface area contributed by atoms with Gasteiger partial charge >= 0.3 is 0 Å². The summed E-state index contributed by atoms with van der Waals surface area (Å²) >= 11 is 3.39. The molecule has 21 heavy (non-hydrogen) atoms. The predicted octanol–water partition coefficient (Wildman–Crippen LogP) is 1.78. The molecule has 0 saturated carbocycles. The number of nitrogens with zero attached hydrogens (tertiary/aromatic N) is 1. The van der Waals surface area contributed by atoms with Crippen molar-refractivity contribution < 1.29 is 13.2 Å². The van der Waals surface area contributed by atoms with Crippen molar-refractivity contribution in [2.24, 2.45) is 0 Å². The molecule has 0 heterocycles. The molecule has 0 aliphatic heterocycles. The molecule has 0 spiro atoms. The van der Waals surface area contributed by atoms with Crippen LogP contribution >= 0.6 is 15.9 Å². The van der Waals surface area contributed by atoms with Crippen molar-refractivity contribution in [1.29, 1.82) is 0 Å². The van der Waals surface area contributed by atoms with Crippen LogP contribution in [0.15, 0.2) is 28.7 Å². The summed E-state index contributed by atoms with van der Waals surface area (Å²) in [7, 11) is -3.25. The van der Waals surface area contributed by atoms with Crippen LogP contribution in [0.3, 0.4) is 0 Å². The zero-order valence-electron chi connectivity index (χ0n) is 12.5. The summed E-state index contributed by atoms with van der Waals surface area (Å²) in [4.78, 5) is 11.9. The van der Waals surface area contributed by atoms with E-state index in [1.807, 2.05) is 38.1 Å². The average Bonchev–Trinajstić information content (AvgIpc) is 2.35. The first-order valence-electron chi connectivity index (χ1n) is 6.68. The molecule has 1 aromatic rings. The van der Waals surface area contributed by atoms with E-state index in [9.17, 15) is 13.2 Å². The minimum Gasteiger partial charge on any atom is -0.354 e. The molecule has 1 aromatic carbocycles. The van der Waals surface area contributed by atoms with Gasteiger partial charge in [0.2, 0.25) is 15.9 Å². The van der Waals surface area contributed by atoms with Gasteiger partial charge in [0, 0.05) is 23.6 Å². The summed E-state index contributed by atoms with van der Waals surface area (Å²) in [5, 5.41) is 2.75. The van der Waals surface area contributed by atoms with Crippen LogP contribution in [0.2, 0.25) is 0 Å². The maximum atomic E-state index is 11.9. The minimum atomic E-state index is -3.25. The topological polar surface area (TPSA) is 66.5 Å². The summed E-state index contributed by atoms with van der Waals surface area (Å²) < 4.78 is 25.4. The first kappa shape index (κ1) is 18.1. The lowest BCUT2D eigenvalue weighted by Crippen LogP contribution is -2.42. The second kappa shape index (κ2) is 7.91. The summed E-state index contributed by atoms with van der Waals surface area (Å²) in [6.45, 7) is 4.20. The fourth-order valence-electron chi connectivity index (χ4n) is 1.99. The largest absolute Gasteiger partial charge is 0.354 e. The number of amides is 1. The zero-order valence-corrected chi connectivity index (χ0v) is 14.9. The Kier molecular flexibility index (Phi) is 6.83. The Bertz CT molecular complexity index is 588. The molecular weight excluding hydrogens is 356 g/mol. The SMILES string of the molecule is CC(C)N(CCNC(=O)Cc1ccccc1Br)S(C)(=O)=O. The van der Waals surface area contributed by atoms with E-state index >= 15 is 0 Å². The van der Waals surface area contributed by atoms with Gasteiger partial charge in [-0.15, -0.1) is 0 Å². The third-order valence-electron chi connectivity index (χ3n) is 2.97. The fraction of sp³-hybridized carbons (Fsp3) is 0.500. The Morgan fingerprint density at radius 1 is 1.33 bits per heavy atom. The molecule has 0 bridgehead atoms. The standard InChI is InChI=1S/C14H21BrN2O3S/c1-11(2)17(21(3,19)20)9-8-16-14(18)10-12-6-4-5-7-13(12)15/h4-7,11H,8-10H2,1-3H3,(H,16,18). The summed E-state index contributed by atoms with van der Waals surface area (Å²) in [5.74, 6) is -0.126. The summed E-state index contributed by atoms with van der Waals surface area (Å²) in [6.07, 6.45) is 1.44. The number of rotatable bonds is 7. The number of hydrogen-bond donors (Lipinski definition) is 1. The number of sulfonamides is 1. The van der Waals surface area contributed by atoms with E-state index in [0.717, 1.165) is 10.0 Å². The molecule has 5 nitrogen and oxygen atoms in total. The van der Waals surface area contributed by atoms with Crippen LogP contribution in [0.4, 0.5) is 0 Å². The van der Waals surface area contributed by atoms with Gasteiger partial charge in [-0.25, -0.2) is 8.42 Å². The highest BCUT2D eigenvalue weighted by Crippen LogP contribution is 2.16. The molecule has 1 rings (SSSR count). The van der Waals surface area contributed by atoms with Crippen LogP contribution in [0.25, 0.3) is 0 Å². The normalized spacial score (nSPS) is 11.9. The number of hydrogen-bond acceptors (Lipinski definition) is 3. The molecule has 1 N–H and O–H groups in total. The zero-order chi connectivity index (χ0) is 16.0. The van der Waals surface area contributed by atoms with Gasteiger partial charge in [-0.3, -0.25) is 4.79 Å². The summed E-state index contributed by atoms with van der Waals surface area (Å²) in [5.41, 5.74) is 0.902. The van der Waals surface area contributed by atoms with Crippen molar-refractivity contribution in [3.05, 3.63) is 34.3 Å². The van der Waals surface area contributed by atoms with Crippen LogP contribution in [0.1, 0.15) is 19.4 Å². The molecule has 0 aliphatic carbocycles. The Labute approximate surface area is 134 Å². The highest BCUT2D eigenvalue weighted by atomic mass is 79.9. The highest BCUT2D eigenvalue weighted by molar-refractivity contribution is 9.10. The van der Waals surface area contributed by atoms with Gasteiger partial charge in [-0.2, -0.15) is 4.31 Å². The third-order valence-corrected chi connectivity index (χ3v) is 5.19. The minimum absolute atomic E-state index is 0.125. The van der Waals surface area contributed by atoms with Crippen molar-refractivity contribution >= 4 is 31.9 Å². The quantitative estimate of drug-likeness (QED) is 0.788. The highest BCUT2D eigenvalue weighted by Gasteiger charge is 2.19. The van der Waals surface area contributed by atoms with Gasteiger partial charge in [0.05, 0.1) is 12.7 Å². The average molecular weight is 377 g/mol. The fourth-order valence-corrected chi connectivity index (χ4v) is 3.60. The van der Waals surface area contributed by atoms with Gasteiger partial charge in [-0.1, -0.05) is 34.1 Å². The lowest BCUT2D eigenvalue weighted by Gasteiger charge is -2.23. The van der Waals surface area contributed by atoms with Crippen LogP contribution < -0.4 is 5.32 Å². The molecule has 7 heteroatoms. The Balaban J connectivity index is 2.49. The lowest BCUT2D eigenvalue weighted by molar-refractivity contribution is -0.120. The van der Waals surface area contributed by atoms with Gasteiger partial charge in [0.1, 0.15) is 0 Å². The van der Waals surface area contributed by atoms with E-state index < -0.39 is 10.0 Å². The second-order valence-corrected chi connectivity index (χ2v) is 7.87. The molecule has 0 fully saturated rings. The van der Waals surface area contributed by atoms with Crippen molar-refractivity contribution in [2.75, 3.05) is 19.3 Å². The smallest absolute Gasteiger partial charge is 0.224 e. The molecule has 1 amide bonds. The van der Waals surface area contributed by atoms with E-state index in [0.29, 0.717) is 6.54 Å². The number of nitrogens with one attached hydrogen (secondary N) is 1. The van der Waals surface area contributed by atoms with Crippen LogP contribution in [-0.2, 0) is 21.2 Å². The molecule has 0 radical (unpaired) electrons. The van der Waals surface area contributed by atoms with Gasteiger partial charge in [-0.05, 0) is 25.5 Å². The van der Waals surface area contributed by atoms with E-state index in [-0.39, 0.29) is 24.9 Å². The number of benzene rings is 1. The van der Waals surface area contributed by atoms with Gasteiger partial charge in [0.15, 0.2) is 0 Å². The van der Waals surface area contributed by atoms with E-state index in [2.05, 4.69) is 21.2 Å². The van der Waals surface area contributed by atoms with Crippen molar-refractivity contribution in [1.82, 2.24) is 9.62 Å². The van der Waals surface area contributed by atoms with E-state index in [4.69, 9.17) is 0 Å². The van der Waals surface area contributed by atoms with Crippen LogP contribution in [0, 0.1) is 0 Å². The first-order valence-corrected chi connectivity index (χ1v) is 9.33. The number of carbonyl (C=O) groups excluding carboxylic acids is 1. The molecule has 0 saturated heterocycles. The molecule has 0 atom stereocenters. The van der Waals surface area contributed by atoms with Crippen molar-refractivity contribution in [3.63, 3.8) is 0 Å². The van der Waals surface area contributed by atoms with Gasteiger partial charge in [0.25, 0.3) is 0 Å². The molecule has 0 aliphatic rings. The van der Waals surface area contributed by atoms with Crippen LogP contribution in [-0.4, -0.2) is 44.0 Å². The maximum absolute atomic E-state index is 11.9.